The second-order valence-electron chi connectivity index (χ2n) is 7.45. The lowest BCUT2D eigenvalue weighted by Gasteiger charge is -2.23. The summed E-state index contributed by atoms with van der Waals surface area (Å²) < 4.78 is 3.63. The maximum Gasteiger partial charge on any atom is 0.278 e. The van der Waals surface area contributed by atoms with Crippen LogP contribution in [0.15, 0.2) is 10.9 Å². The summed E-state index contributed by atoms with van der Waals surface area (Å²) in [6.45, 7) is 2.87. The molecule has 0 aromatic carbocycles. The zero-order valence-corrected chi connectivity index (χ0v) is 14.9. The zero-order chi connectivity index (χ0) is 17.4. The minimum atomic E-state index is -0.00498. The first-order chi connectivity index (χ1) is 12.1. The van der Waals surface area contributed by atoms with E-state index in [0.717, 1.165) is 55.7 Å². The van der Waals surface area contributed by atoms with Gasteiger partial charge in [-0.2, -0.15) is 0 Å². The molecule has 1 aliphatic heterocycles. The summed E-state index contributed by atoms with van der Waals surface area (Å²) in [5, 5.41) is 3.14. The third-order valence-corrected chi connectivity index (χ3v) is 5.60. The second kappa shape index (κ2) is 6.65. The topological polar surface area (TPSA) is 68.9 Å². The van der Waals surface area contributed by atoms with Crippen molar-refractivity contribution in [1.82, 2.24) is 19.4 Å². The van der Waals surface area contributed by atoms with Crippen LogP contribution in [0.25, 0.3) is 11.0 Å². The van der Waals surface area contributed by atoms with Crippen molar-refractivity contribution in [3.8, 4) is 0 Å². The van der Waals surface area contributed by atoms with Crippen LogP contribution in [-0.4, -0.2) is 26.1 Å². The third kappa shape index (κ3) is 3.10. The minimum Gasteiger partial charge on any atom is -0.352 e. The standard InChI is InChI=1S/C19H26N4O2/c1-13-11-15-18(19(25)22-10-6-5-9-16(22)21-15)23(13)12-17(24)20-14-7-3-2-4-8-14/h11,14H,2-10,12H2,1H3,(H,20,24). The van der Waals surface area contributed by atoms with Gasteiger partial charge >= 0.3 is 0 Å². The van der Waals surface area contributed by atoms with Gasteiger partial charge < -0.3 is 9.88 Å². The molecule has 0 saturated heterocycles. The van der Waals surface area contributed by atoms with Gasteiger partial charge in [-0.3, -0.25) is 14.2 Å². The molecule has 0 spiro atoms. The first-order valence-electron chi connectivity index (χ1n) is 9.52. The number of carbonyl (C=O) groups is 1. The van der Waals surface area contributed by atoms with E-state index in [9.17, 15) is 9.59 Å². The van der Waals surface area contributed by atoms with Crippen LogP contribution in [0.4, 0.5) is 0 Å². The lowest BCUT2D eigenvalue weighted by atomic mass is 9.95. The number of rotatable bonds is 3. The summed E-state index contributed by atoms with van der Waals surface area (Å²) in [5.74, 6) is 0.877. The van der Waals surface area contributed by atoms with E-state index in [2.05, 4.69) is 5.32 Å². The highest BCUT2D eigenvalue weighted by atomic mass is 16.2. The van der Waals surface area contributed by atoms with Crippen molar-refractivity contribution in [2.45, 2.75) is 77.4 Å². The van der Waals surface area contributed by atoms with Crippen molar-refractivity contribution in [1.29, 1.82) is 0 Å². The van der Waals surface area contributed by atoms with Crippen LogP contribution in [0, 0.1) is 6.92 Å². The number of nitrogens with one attached hydrogen (secondary N) is 1. The Labute approximate surface area is 147 Å². The summed E-state index contributed by atoms with van der Waals surface area (Å²) in [4.78, 5) is 30.2. The number of fused-ring (bicyclic) bond motifs is 2. The van der Waals surface area contributed by atoms with Crippen LogP contribution in [0.5, 0.6) is 0 Å². The lowest BCUT2D eigenvalue weighted by molar-refractivity contribution is -0.122. The molecule has 0 atom stereocenters. The Morgan fingerprint density at radius 2 is 2.04 bits per heavy atom. The van der Waals surface area contributed by atoms with Crippen LogP contribution in [-0.2, 0) is 24.3 Å². The number of carbonyl (C=O) groups excluding carboxylic acids is 1. The number of aryl methyl sites for hydroxylation is 2. The summed E-state index contributed by atoms with van der Waals surface area (Å²) in [6.07, 6.45) is 8.73. The van der Waals surface area contributed by atoms with Crippen LogP contribution in [0.3, 0.4) is 0 Å². The van der Waals surface area contributed by atoms with E-state index in [0.29, 0.717) is 5.52 Å². The molecule has 2 aromatic rings. The lowest BCUT2D eigenvalue weighted by Crippen LogP contribution is -2.38. The number of hydrogen-bond acceptors (Lipinski definition) is 3. The van der Waals surface area contributed by atoms with Crippen molar-refractivity contribution >= 4 is 16.9 Å². The van der Waals surface area contributed by atoms with E-state index >= 15 is 0 Å². The van der Waals surface area contributed by atoms with Crippen molar-refractivity contribution < 1.29 is 4.79 Å². The van der Waals surface area contributed by atoms with Crippen LogP contribution in [0.1, 0.15) is 56.5 Å². The van der Waals surface area contributed by atoms with Gasteiger partial charge in [0.15, 0.2) is 0 Å². The summed E-state index contributed by atoms with van der Waals surface area (Å²) >= 11 is 0. The highest BCUT2D eigenvalue weighted by Crippen LogP contribution is 2.20. The summed E-state index contributed by atoms with van der Waals surface area (Å²) in [6, 6.07) is 2.22. The molecule has 4 rings (SSSR count). The molecule has 0 bridgehead atoms. The smallest absolute Gasteiger partial charge is 0.278 e. The van der Waals surface area contributed by atoms with E-state index in [-0.39, 0.29) is 24.1 Å². The number of amides is 1. The SMILES string of the molecule is Cc1cc2nc3n(c(=O)c2n1CC(=O)NC1CCCCC1)CCCC3. The summed E-state index contributed by atoms with van der Waals surface area (Å²) in [7, 11) is 0. The van der Waals surface area contributed by atoms with Gasteiger partial charge in [0.05, 0.1) is 5.52 Å². The molecular weight excluding hydrogens is 316 g/mol. The molecule has 25 heavy (non-hydrogen) atoms. The molecular formula is C19H26N4O2. The predicted octanol–water partition coefficient (Wildman–Crippen LogP) is 2.29. The Balaban J connectivity index is 1.63. The largest absolute Gasteiger partial charge is 0.352 e. The molecule has 1 N–H and O–H groups in total. The minimum absolute atomic E-state index is 0.00161. The van der Waals surface area contributed by atoms with Crippen LogP contribution in [0.2, 0.25) is 0 Å². The Morgan fingerprint density at radius 1 is 1.24 bits per heavy atom. The molecule has 1 amide bonds. The highest BCUT2D eigenvalue weighted by molar-refractivity contribution is 5.81. The van der Waals surface area contributed by atoms with Gasteiger partial charge in [0.25, 0.3) is 5.56 Å². The average Bonchev–Trinajstić information content (AvgIpc) is 2.91. The van der Waals surface area contributed by atoms with Gasteiger partial charge in [-0.1, -0.05) is 19.3 Å². The van der Waals surface area contributed by atoms with Crippen molar-refractivity contribution in [2.75, 3.05) is 0 Å². The third-order valence-electron chi connectivity index (χ3n) is 5.60. The van der Waals surface area contributed by atoms with E-state index in [1.807, 2.05) is 17.6 Å². The van der Waals surface area contributed by atoms with E-state index in [4.69, 9.17) is 4.98 Å². The maximum atomic E-state index is 12.9. The number of hydrogen-bond donors (Lipinski definition) is 1. The monoisotopic (exact) mass is 342 g/mol. The van der Waals surface area contributed by atoms with E-state index in [1.54, 1.807) is 4.57 Å². The molecule has 134 valence electrons. The number of nitrogens with zero attached hydrogens (tertiary/aromatic N) is 3. The molecule has 2 aromatic heterocycles. The molecule has 6 heteroatoms. The zero-order valence-electron chi connectivity index (χ0n) is 14.9. The van der Waals surface area contributed by atoms with Gasteiger partial charge in [0.1, 0.15) is 17.9 Å². The number of aromatic nitrogens is 3. The van der Waals surface area contributed by atoms with Gasteiger partial charge in [0.2, 0.25) is 5.91 Å². The fourth-order valence-electron chi connectivity index (χ4n) is 4.26. The second-order valence-corrected chi connectivity index (χ2v) is 7.45. The Hall–Kier alpha value is -2.11. The quantitative estimate of drug-likeness (QED) is 0.930. The molecule has 2 aliphatic rings. The van der Waals surface area contributed by atoms with Crippen molar-refractivity contribution in [3.63, 3.8) is 0 Å². The van der Waals surface area contributed by atoms with Gasteiger partial charge in [0, 0.05) is 24.7 Å². The normalized spacial score (nSPS) is 18.3. The highest BCUT2D eigenvalue weighted by Gasteiger charge is 2.21. The van der Waals surface area contributed by atoms with Gasteiger partial charge in [-0.25, -0.2) is 4.98 Å². The van der Waals surface area contributed by atoms with E-state index < -0.39 is 0 Å². The fraction of sp³-hybridized carbons (Fsp3) is 0.632. The molecule has 3 heterocycles. The van der Waals surface area contributed by atoms with Crippen LogP contribution < -0.4 is 10.9 Å². The molecule has 1 aliphatic carbocycles. The molecule has 6 nitrogen and oxygen atoms in total. The average molecular weight is 342 g/mol. The fourth-order valence-corrected chi connectivity index (χ4v) is 4.26. The molecule has 1 fully saturated rings. The van der Waals surface area contributed by atoms with Crippen molar-refractivity contribution in [3.05, 3.63) is 27.9 Å². The first-order valence-corrected chi connectivity index (χ1v) is 9.52. The Bertz CT molecular complexity index is 858. The van der Waals surface area contributed by atoms with Gasteiger partial charge in [-0.05, 0) is 38.7 Å². The Kier molecular flexibility index (Phi) is 4.36. The first kappa shape index (κ1) is 16.4. The van der Waals surface area contributed by atoms with Crippen LogP contribution >= 0.6 is 0 Å². The molecule has 0 unspecified atom stereocenters. The van der Waals surface area contributed by atoms with Gasteiger partial charge in [-0.15, -0.1) is 0 Å². The molecule has 1 saturated carbocycles. The van der Waals surface area contributed by atoms with E-state index in [1.165, 1.54) is 19.3 Å². The molecule has 0 radical (unpaired) electrons. The summed E-state index contributed by atoms with van der Waals surface area (Å²) in [5.41, 5.74) is 2.21. The predicted molar refractivity (Wildman–Crippen MR) is 96.7 cm³/mol. The van der Waals surface area contributed by atoms with Crippen molar-refractivity contribution in [2.24, 2.45) is 0 Å². The Morgan fingerprint density at radius 3 is 2.84 bits per heavy atom. The maximum absolute atomic E-state index is 12.9.